The molecule has 2 N–H and O–H groups in total. The van der Waals surface area contributed by atoms with Gasteiger partial charge in [0.15, 0.2) is 8.32 Å². The van der Waals surface area contributed by atoms with E-state index in [1.165, 1.54) is 0 Å². The summed E-state index contributed by atoms with van der Waals surface area (Å²) in [4.78, 5) is 23.6. The Morgan fingerprint density at radius 2 is 1.88 bits per heavy atom. The molecule has 0 spiro atoms. The molecule has 7 heteroatoms. The summed E-state index contributed by atoms with van der Waals surface area (Å²) < 4.78 is 5.98. The highest BCUT2D eigenvalue weighted by Crippen LogP contribution is 2.36. The average molecular weight is 372 g/mol. The first-order valence-corrected chi connectivity index (χ1v) is 11.2. The summed E-state index contributed by atoms with van der Waals surface area (Å²) in [5.74, 6) is -1.59. The van der Waals surface area contributed by atoms with Gasteiger partial charge in [0.05, 0.1) is 10.6 Å². The highest BCUT2D eigenvalue weighted by Gasteiger charge is 2.37. The summed E-state index contributed by atoms with van der Waals surface area (Å²) in [5, 5.41) is 12.2. The molecule has 1 rings (SSSR count). The molecule has 1 amide bonds. The number of carboxylic acid groups (broad SMARTS) is 1. The van der Waals surface area contributed by atoms with Crippen molar-refractivity contribution in [1.29, 1.82) is 0 Å². The summed E-state index contributed by atoms with van der Waals surface area (Å²) in [6.07, 6.45) is 0.206. The van der Waals surface area contributed by atoms with E-state index >= 15 is 0 Å². The van der Waals surface area contributed by atoms with Crippen LogP contribution in [0, 0.1) is 0 Å². The lowest BCUT2D eigenvalue weighted by Crippen LogP contribution is -2.44. The Kier molecular flexibility index (Phi) is 7.01. The fourth-order valence-corrected chi connectivity index (χ4v) is 3.07. The normalized spacial score (nSPS) is 13.4. The molecule has 0 heterocycles. The first-order chi connectivity index (χ1) is 11.0. The molecule has 0 saturated heterocycles. The summed E-state index contributed by atoms with van der Waals surface area (Å²) in [5.41, 5.74) is 0.260. The van der Waals surface area contributed by atoms with Crippen LogP contribution in [0.1, 0.15) is 37.6 Å². The second-order valence-electron chi connectivity index (χ2n) is 7.24. The summed E-state index contributed by atoms with van der Waals surface area (Å²) >= 11 is 5.97. The fourth-order valence-electron chi connectivity index (χ4n) is 1.79. The first-order valence-electron chi connectivity index (χ1n) is 7.88. The van der Waals surface area contributed by atoms with Gasteiger partial charge in [0, 0.05) is 13.0 Å². The number of halogens is 1. The van der Waals surface area contributed by atoms with E-state index in [-0.39, 0.29) is 28.7 Å². The van der Waals surface area contributed by atoms with Crippen LogP contribution in [-0.4, -0.2) is 37.9 Å². The van der Waals surface area contributed by atoms with Crippen molar-refractivity contribution in [3.8, 4) is 0 Å². The van der Waals surface area contributed by atoms with Crippen molar-refractivity contribution >= 4 is 31.8 Å². The van der Waals surface area contributed by atoms with Gasteiger partial charge < -0.3 is 14.8 Å². The number of carbonyl (C=O) groups is 2. The maximum absolute atomic E-state index is 12.2. The lowest BCUT2D eigenvalue weighted by atomic mass is 10.1. The van der Waals surface area contributed by atoms with Crippen LogP contribution >= 0.6 is 11.6 Å². The first kappa shape index (κ1) is 20.7. The maximum atomic E-state index is 12.2. The minimum Gasteiger partial charge on any atom is -0.480 e. The maximum Gasteiger partial charge on any atom is 0.326 e. The Morgan fingerprint density at radius 3 is 2.38 bits per heavy atom. The quantitative estimate of drug-likeness (QED) is 0.712. The highest BCUT2D eigenvalue weighted by atomic mass is 35.5. The van der Waals surface area contributed by atoms with E-state index in [9.17, 15) is 14.7 Å². The van der Waals surface area contributed by atoms with E-state index in [1.807, 2.05) is 0 Å². The van der Waals surface area contributed by atoms with Crippen LogP contribution in [0.3, 0.4) is 0 Å². The highest BCUT2D eigenvalue weighted by molar-refractivity contribution is 6.74. The molecule has 0 aromatic heterocycles. The third-order valence-corrected chi connectivity index (χ3v) is 9.27. The largest absolute Gasteiger partial charge is 0.480 e. The van der Waals surface area contributed by atoms with Gasteiger partial charge in [-0.15, -0.1) is 0 Å². The molecular formula is C17H26ClNO4Si. The molecule has 0 unspecified atom stereocenters. The molecule has 1 aromatic rings. The van der Waals surface area contributed by atoms with E-state index in [4.69, 9.17) is 16.0 Å². The van der Waals surface area contributed by atoms with Crippen LogP contribution in [0.15, 0.2) is 24.3 Å². The monoisotopic (exact) mass is 371 g/mol. The predicted molar refractivity (Wildman–Crippen MR) is 98.1 cm³/mol. The number of benzene rings is 1. The molecule has 0 aliphatic carbocycles. The Morgan fingerprint density at radius 1 is 1.29 bits per heavy atom. The standard InChI is InChI=1S/C17H26ClNO4Si/c1-17(2,3)24(4,5)23-11-10-14(16(21)22)19-15(20)12-8-6-7-9-13(12)18/h6-9,14H,10-11H2,1-5H3,(H,19,20)(H,21,22)/t14-/m1/s1. The average Bonchev–Trinajstić information content (AvgIpc) is 2.45. The van der Waals surface area contributed by atoms with E-state index in [2.05, 4.69) is 39.2 Å². The molecule has 0 saturated carbocycles. The SMILES string of the molecule is CC(C)(C)[Si](C)(C)OCC[C@@H](NC(=O)c1ccccc1Cl)C(=O)O. The van der Waals surface area contributed by atoms with Gasteiger partial charge >= 0.3 is 5.97 Å². The van der Waals surface area contributed by atoms with Gasteiger partial charge in [0.2, 0.25) is 0 Å². The van der Waals surface area contributed by atoms with Gasteiger partial charge in [0.1, 0.15) is 6.04 Å². The molecule has 5 nitrogen and oxygen atoms in total. The van der Waals surface area contributed by atoms with Gasteiger partial charge in [0.25, 0.3) is 5.91 Å². The Hall–Kier alpha value is -1.37. The van der Waals surface area contributed by atoms with Gasteiger partial charge in [-0.05, 0) is 30.3 Å². The van der Waals surface area contributed by atoms with Crippen LogP contribution in [-0.2, 0) is 9.22 Å². The fraction of sp³-hybridized carbons (Fsp3) is 0.529. The van der Waals surface area contributed by atoms with E-state index in [0.29, 0.717) is 0 Å². The Bertz CT molecular complexity index is 598. The topological polar surface area (TPSA) is 75.6 Å². The summed E-state index contributed by atoms with van der Waals surface area (Å²) in [7, 11) is -1.95. The van der Waals surface area contributed by atoms with Gasteiger partial charge in [-0.1, -0.05) is 44.5 Å². The molecule has 1 atom stereocenters. The van der Waals surface area contributed by atoms with Gasteiger partial charge in [-0.2, -0.15) is 0 Å². The predicted octanol–water partition coefficient (Wildman–Crippen LogP) is 3.93. The van der Waals surface area contributed by atoms with Gasteiger partial charge in [-0.25, -0.2) is 4.79 Å². The van der Waals surface area contributed by atoms with Crippen molar-refractivity contribution in [3.63, 3.8) is 0 Å². The second-order valence-corrected chi connectivity index (χ2v) is 12.5. The molecule has 24 heavy (non-hydrogen) atoms. The van der Waals surface area contributed by atoms with Crippen molar-refractivity contribution in [1.82, 2.24) is 5.32 Å². The van der Waals surface area contributed by atoms with Crippen molar-refractivity contribution < 1.29 is 19.1 Å². The van der Waals surface area contributed by atoms with Crippen molar-refractivity contribution in [2.24, 2.45) is 0 Å². The third-order valence-electron chi connectivity index (χ3n) is 4.40. The Balaban J connectivity index is 2.68. The molecule has 0 aliphatic heterocycles. The molecule has 1 aromatic carbocycles. The van der Waals surface area contributed by atoms with E-state index < -0.39 is 26.2 Å². The number of amides is 1. The molecule has 0 aliphatic rings. The minimum absolute atomic E-state index is 0.0481. The number of hydrogen-bond donors (Lipinski definition) is 2. The van der Waals surface area contributed by atoms with E-state index in [1.54, 1.807) is 24.3 Å². The van der Waals surface area contributed by atoms with Gasteiger partial charge in [-0.3, -0.25) is 4.79 Å². The van der Waals surface area contributed by atoms with E-state index in [0.717, 1.165) is 0 Å². The van der Waals surface area contributed by atoms with Crippen LogP contribution < -0.4 is 5.32 Å². The molecular weight excluding hydrogens is 346 g/mol. The lowest BCUT2D eigenvalue weighted by molar-refractivity contribution is -0.139. The van der Waals surface area contributed by atoms with Crippen LogP contribution in [0.5, 0.6) is 0 Å². The van der Waals surface area contributed by atoms with Crippen LogP contribution in [0.4, 0.5) is 0 Å². The zero-order chi connectivity index (χ0) is 18.5. The number of rotatable bonds is 7. The number of carboxylic acids is 1. The van der Waals surface area contributed by atoms with Crippen LogP contribution in [0.25, 0.3) is 0 Å². The lowest BCUT2D eigenvalue weighted by Gasteiger charge is -2.36. The Labute approximate surface area is 149 Å². The number of hydrogen-bond acceptors (Lipinski definition) is 3. The number of carbonyl (C=O) groups excluding carboxylic acids is 1. The summed E-state index contributed by atoms with van der Waals surface area (Å²) in [6.45, 7) is 10.8. The number of nitrogens with one attached hydrogen (secondary N) is 1. The van der Waals surface area contributed by atoms with Crippen molar-refractivity contribution in [2.75, 3.05) is 6.61 Å². The minimum atomic E-state index is -1.95. The zero-order valence-corrected chi connectivity index (χ0v) is 16.6. The molecule has 0 radical (unpaired) electrons. The van der Waals surface area contributed by atoms with Crippen molar-refractivity contribution in [2.45, 2.75) is 51.4 Å². The summed E-state index contributed by atoms with van der Waals surface area (Å²) in [6, 6.07) is 5.52. The molecule has 0 bridgehead atoms. The zero-order valence-electron chi connectivity index (χ0n) is 14.9. The number of aliphatic carboxylic acids is 1. The smallest absolute Gasteiger partial charge is 0.326 e. The van der Waals surface area contributed by atoms with Crippen molar-refractivity contribution in [3.05, 3.63) is 34.9 Å². The molecule has 134 valence electrons. The second kappa shape index (κ2) is 8.14. The third kappa shape index (κ3) is 5.61. The van der Waals surface area contributed by atoms with Crippen LogP contribution in [0.2, 0.25) is 23.2 Å². The molecule has 0 fully saturated rings.